The number of esters is 1. The maximum Gasteiger partial charge on any atom is 0.336 e. The van der Waals surface area contributed by atoms with Crippen molar-refractivity contribution < 1.29 is 34.4 Å². The Bertz CT molecular complexity index is 397. The first-order valence-electron chi connectivity index (χ1n) is 7.29. The molecule has 3 N–H and O–H groups in total. The van der Waals surface area contributed by atoms with Gasteiger partial charge in [0.05, 0.1) is 19.4 Å². The molecule has 0 aliphatic rings. The lowest BCUT2D eigenvalue weighted by molar-refractivity contribution is -0.172. The van der Waals surface area contributed by atoms with Gasteiger partial charge in [-0.3, -0.25) is 9.59 Å². The van der Waals surface area contributed by atoms with Crippen LogP contribution in [0.2, 0.25) is 0 Å². The smallest absolute Gasteiger partial charge is 0.336 e. The minimum absolute atomic E-state index is 0.131. The van der Waals surface area contributed by atoms with E-state index in [2.05, 4.69) is 20.8 Å². The number of carbonyl (C=O) groups excluding carboxylic acids is 1. The Kier molecular flexibility index (Phi) is 8.08. The Hall–Kier alpha value is -1.63. The van der Waals surface area contributed by atoms with Gasteiger partial charge in [0, 0.05) is 0 Å². The third-order valence-corrected chi connectivity index (χ3v) is 3.11. The third-order valence-electron chi connectivity index (χ3n) is 3.11. The number of carbonyl (C=O) groups is 3. The van der Waals surface area contributed by atoms with Crippen LogP contribution >= 0.6 is 0 Å². The van der Waals surface area contributed by atoms with Gasteiger partial charge in [0.25, 0.3) is 0 Å². The monoisotopic (exact) mass is 318 g/mol. The minimum Gasteiger partial charge on any atom is -0.481 e. The van der Waals surface area contributed by atoms with E-state index in [1.54, 1.807) is 0 Å². The molecule has 1 atom stereocenters. The summed E-state index contributed by atoms with van der Waals surface area (Å²) in [4.78, 5) is 32.9. The highest BCUT2D eigenvalue weighted by Crippen LogP contribution is 2.22. The Labute approximate surface area is 130 Å². The number of hydrogen-bond acceptors (Lipinski definition) is 5. The van der Waals surface area contributed by atoms with E-state index in [0.717, 1.165) is 19.3 Å². The number of aliphatic carboxylic acids is 2. The van der Waals surface area contributed by atoms with Crippen molar-refractivity contribution >= 4 is 17.9 Å². The summed E-state index contributed by atoms with van der Waals surface area (Å²) in [6.07, 6.45) is 1.65. The van der Waals surface area contributed by atoms with E-state index in [9.17, 15) is 19.5 Å². The van der Waals surface area contributed by atoms with Crippen molar-refractivity contribution in [1.82, 2.24) is 0 Å². The van der Waals surface area contributed by atoms with Gasteiger partial charge in [-0.15, -0.1) is 0 Å². The zero-order chi connectivity index (χ0) is 17.4. The van der Waals surface area contributed by atoms with Crippen molar-refractivity contribution in [2.24, 2.45) is 5.41 Å². The molecule has 0 spiro atoms. The summed E-state index contributed by atoms with van der Waals surface area (Å²) in [6, 6.07) is 0. The van der Waals surface area contributed by atoms with Crippen LogP contribution in [-0.2, 0) is 19.1 Å². The lowest BCUT2D eigenvalue weighted by Crippen LogP contribution is -2.43. The van der Waals surface area contributed by atoms with Crippen molar-refractivity contribution in [1.29, 1.82) is 0 Å². The van der Waals surface area contributed by atoms with Gasteiger partial charge in [0.2, 0.25) is 0 Å². The van der Waals surface area contributed by atoms with Crippen LogP contribution in [0.25, 0.3) is 0 Å². The zero-order valence-corrected chi connectivity index (χ0v) is 13.4. The predicted octanol–water partition coefficient (Wildman–Crippen LogP) is 1.82. The molecule has 128 valence electrons. The largest absolute Gasteiger partial charge is 0.481 e. The molecule has 0 fully saturated rings. The predicted molar refractivity (Wildman–Crippen MR) is 78.3 cm³/mol. The van der Waals surface area contributed by atoms with Crippen LogP contribution in [-0.4, -0.2) is 45.4 Å². The van der Waals surface area contributed by atoms with Gasteiger partial charge in [-0.2, -0.15) is 0 Å². The van der Waals surface area contributed by atoms with Crippen LogP contribution in [0, 0.1) is 5.41 Å². The maximum atomic E-state index is 11.5. The molecule has 0 aromatic rings. The maximum absolute atomic E-state index is 11.5. The molecule has 0 saturated heterocycles. The van der Waals surface area contributed by atoms with E-state index >= 15 is 0 Å². The Morgan fingerprint density at radius 3 is 2.00 bits per heavy atom. The fourth-order valence-corrected chi connectivity index (χ4v) is 1.87. The summed E-state index contributed by atoms with van der Waals surface area (Å²) in [6.45, 7) is 6.55. The van der Waals surface area contributed by atoms with Crippen LogP contribution in [0.3, 0.4) is 0 Å². The van der Waals surface area contributed by atoms with Crippen LogP contribution in [0.4, 0.5) is 0 Å². The molecule has 22 heavy (non-hydrogen) atoms. The summed E-state index contributed by atoms with van der Waals surface area (Å²) in [5, 5.41) is 27.1. The Balaban J connectivity index is 4.06. The second-order valence-corrected chi connectivity index (χ2v) is 6.68. The Morgan fingerprint density at radius 2 is 1.55 bits per heavy atom. The number of hydrogen-bond donors (Lipinski definition) is 3. The average molecular weight is 318 g/mol. The summed E-state index contributed by atoms with van der Waals surface area (Å²) in [7, 11) is 0. The SMILES string of the molecule is CC(C)(C)CCCCCOC(=O)CC(O)(CC(=O)O)C(=O)O. The summed E-state index contributed by atoms with van der Waals surface area (Å²) in [5.74, 6) is -4.17. The Morgan fingerprint density at radius 1 is 0.955 bits per heavy atom. The molecular weight excluding hydrogens is 292 g/mol. The highest BCUT2D eigenvalue weighted by molar-refractivity contribution is 5.88. The van der Waals surface area contributed by atoms with E-state index in [1.165, 1.54) is 0 Å². The van der Waals surface area contributed by atoms with Crippen molar-refractivity contribution in [2.75, 3.05) is 6.61 Å². The molecule has 0 aliphatic carbocycles. The first kappa shape index (κ1) is 20.4. The topological polar surface area (TPSA) is 121 Å². The van der Waals surface area contributed by atoms with Gasteiger partial charge >= 0.3 is 17.9 Å². The van der Waals surface area contributed by atoms with Crippen LogP contribution < -0.4 is 0 Å². The molecule has 0 aromatic heterocycles. The van der Waals surface area contributed by atoms with Gasteiger partial charge in [-0.25, -0.2) is 4.79 Å². The summed E-state index contributed by atoms with van der Waals surface area (Å²) >= 11 is 0. The second kappa shape index (κ2) is 8.73. The molecular formula is C15H26O7. The molecule has 0 saturated carbocycles. The van der Waals surface area contributed by atoms with E-state index in [-0.39, 0.29) is 12.0 Å². The van der Waals surface area contributed by atoms with E-state index < -0.39 is 36.4 Å². The van der Waals surface area contributed by atoms with Crippen LogP contribution in [0.1, 0.15) is 59.3 Å². The van der Waals surface area contributed by atoms with Crippen LogP contribution in [0.15, 0.2) is 0 Å². The molecule has 7 heteroatoms. The normalized spacial score (nSPS) is 14.2. The number of unbranched alkanes of at least 4 members (excludes halogenated alkanes) is 2. The van der Waals surface area contributed by atoms with Crippen molar-refractivity contribution in [3.63, 3.8) is 0 Å². The molecule has 7 nitrogen and oxygen atoms in total. The highest BCUT2D eigenvalue weighted by atomic mass is 16.5. The first-order chi connectivity index (χ1) is 9.96. The minimum atomic E-state index is -2.63. The number of carboxylic acid groups (broad SMARTS) is 2. The number of aliphatic hydroxyl groups is 1. The van der Waals surface area contributed by atoms with Crippen molar-refractivity contribution in [3.05, 3.63) is 0 Å². The fourth-order valence-electron chi connectivity index (χ4n) is 1.87. The van der Waals surface area contributed by atoms with Gasteiger partial charge in [0.1, 0.15) is 0 Å². The summed E-state index contributed by atoms with van der Waals surface area (Å²) < 4.78 is 4.85. The molecule has 0 aromatic carbocycles. The molecule has 0 bridgehead atoms. The van der Waals surface area contributed by atoms with E-state index in [1.807, 2.05) is 0 Å². The number of rotatable bonds is 10. The molecule has 0 radical (unpaired) electrons. The molecule has 0 heterocycles. The standard InChI is InChI=1S/C15H26O7/c1-14(2,3)7-5-4-6-8-22-12(18)10-15(21,13(19)20)9-11(16)17/h21H,4-10H2,1-3H3,(H,16,17)(H,19,20). The van der Waals surface area contributed by atoms with E-state index in [4.69, 9.17) is 14.9 Å². The average Bonchev–Trinajstić information content (AvgIpc) is 2.30. The van der Waals surface area contributed by atoms with E-state index in [0.29, 0.717) is 6.42 Å². The molecule has 0 amide bonds. The van der Waals surface area contributed by atoms with Crippen LogP contribution in [0.5, 0.6) is 0 Å². The molecule has 1 unspecified atom stereocenters. The lowest BCUT2D eigenvalue weighted by atomic mass is 9.89. The third kappa shape index (κ3) is 9.33. The zero-order valence-electron chi connectivity index (χ0n) is 13.4. The highest BCUT2D eigenvalue weighted by Gasteiger charge is 2.41. The second-order valence-electron chi connectivity index (χ2n) is 6.68. The number of ether oxygens (including phenoxy) is 1. The summed E-state index contributed by atoms with van der Waals surface area (Å²) in [5.41, 5.74) is -2.37. The lowest BCUT2D eigenvalue weighted by Gasteiger charge is -2.20. The first-order valence-corrected chi connectivity index (χ1v) is 7.29. The van der Waals surface area contributed by atoms with Gasteiger partial charge < -0.3 is 20.1 Å². The van der Waals surface area contributed by atoms with Gasteiger partial charge in [-0.1, -0.05) is 33.6 Å². The van der Waals surface area contributed by atoms with Gasteiger partial charge in [0.15, 0.2) is 5.60 Å². The van der Waals surface area contributed by atoms with Gasteiger partial charge in [-0.05, 0) is 18.3 Å². The quantitative estimate of drug-likeness (QED) is 0.415. The number of carboxylic acids is 2. The van der Waals surface area contributed by atoms with Crippen molar-refractivity contribution in [3.8, 4) is 0 Å². The fraction of sp³-hybridized carbons (Fsp3) is 0.800. The van der Waals surface area contributed by atoms with Crippen molar-refractivity contribution in [2.45, 2.75) is 64.9 Å². The molecule has 0 rings (SSSR count). The molecule has 0 aliphatic heterocycles.